The van der Waals surface area contributed by atoms with Gasteiger partial charge in [-0.15, -0.1) is 0 Å². The predicted molar refractivity (Wildman–Crippen MR) is 240 cm³/mol. The first kappa shape index (κ1) is 33.6. The molecule has 270 valence electrons. The second kappa shape index (κ2) is 14.1. The summed E-state index contributed by atoms with van der Waals surface area (Å²) < 4.78 is 0. The molecule has 11 aromatic rings. The van der Waals surface area contributed by atoms with E-state index in [0.29, 0.717) is 0 Å². The minimum absolute atomic E-state index is 0.788. The van der Waals surface area contributed by atoms with Crippen molar-refractivity contribution in [3.05, 3.63) is 212 Å². The zero-order chi connectivity index (χ0) is 38.4. The SMILES string of the molecule is c1ccc(-c2cccc(-c3[nH+]c(-c4ccccc4)nc(-c4ccc(-c5c(-c6ccc7c8ccccc8c8ccccc8c7c6)ccc6ccccc56)cc4)[nH+]3)c2)cc1. The van der Waals surface area contributed by atoms with E-state index in [-0.39, 0.29) is 0 Å². The van der Waals surface area contributed by atoms with Crippen LogP contribution in [0.5, 0.6) is 0 Å². The molecule has 0 saturated heterocycles. The Morgan fingerprint density at radius 2 is 0.759 bits per heavy atom. The molecule has 58 heavy (non-hydrogen) atoms. The number of aromatic amines is 2. The fourth-order valence-electron chi connectivity index (χ4n) is 8.63. The summed E-state index contributed by atoms with van der Waals surface area (Å²) in [5.74, 6) is 2.47. The average Bonchev–Trinajstić information content (AvgIpc) is 3.31. The minimum Gasteiger partial charge on any atom is -0.162 e. The molecule has 1 aromatic heterocycles. The number of nitrogens with one attached hydrogen (secondary N) is 2. The van der Waals surface area contributed by atoms with Crippen LogP contribution in [0.25, 0.3) is 111 Å². The molecular weight excluding hydrogens is 703 g/mol. The average molecular weight is 740 g/mol. The molecule has 0 saturated carbocycles. The molecular formula is C55H37N3+2. The fraction of sp³-hybridized carbons (Fsp3) is 0. The highest BCUT2D eigenvalue weighted by molar-refractivity contribution is 6.26. The number of hydrogen-bond donors (Lipinski definition) is 0. The molecule has 0 amide bonds. The molecule has 0 unspecified atom stereocenters. The molecule has 2 N–H and O–H groups in total. The summed E-state index contributed by atoms with van der Waals surface area (Å²) >= 11 is 0. The minimum atomic E-state index is 0.788. The lowest BCUT2D eigenvalue weighted by molar-refractivity contribution is -0.501. The van der Waals surface area contributed by atoms with Crippen LogP contribution in [-0.4, -0.2) is 4.98 Å². The van der Waals surface area contributed by atoms with Crippen molar-refractivity contribution in [2.24, 2.45) is 0 Å². The van der Waals surface area contributed by atoms with E-state index in [1.54, 1.807) is 0 Å². The first-order valence-corrected chi connectivity index (χ1v) is 19.8. The molecule has 0 bridgehead atoms. The van der Waals surface area contributed by atoms with Crippen LogP contribution in [-0.2, 0) is 0 Å². The molecule has 3 heteroatoms. The Kier molecular flexibility index (Phi) is 8.15. The van der Waals surface area contributed by atoms with Crippen molar-refractivity contribution in [1.29, 1.82) is 0 Å². The smallest absolute Gasteiger partial charge is 0.162 e. The topological polar surface area (TPSA) is 41.2 Å². The van der Waals surface area contributed by atoms with Crippen molar-refractivity contribution >= 4 is 43.1 Å². The van der Waals surface area contributed by atoms with Crippen molar-refractivity contribution in [2.45, 2.75) is 0 Å². The van der Waals surface area contributed by atoms with Gasteiger partial charge in [0.05, 0.1) is 21.7 Å². The highest BCUT2D eigenvalue weighted by Gasteiger charge is 2.26. The number of hydrogen-bond acceptors (Lipinski definition) is 1. The van der Waals surface area contributed by atoms with Gasteiger partial charge in [-0.05, 0) is 119 Å². The van der Waals surface area contributed by atoms with E-state index in [1.807, 2.05) is 18.2 Å². The van der Waals surface area contributed by atoms with Gasteiger partial charge in [0.2, 0.25) is 0 Å². The molecule has 11 rings (SSSR count). The Bertz CT molecular complexity index is 3280. The second-order valence-electron chi connectivity index (χ2n) is 14.9. The van der Waals surface area contributed by atoms with Crippen LogP contribution in [0.4, 0.5) is 0 Å². The summed E-state index contributed by atoms with van der Waals surface area (Å²) in [7, 11) is 0. The van der Waals surface area contributed by atoms with Crippen LogP contribution >= 0.6 is 0 Å². The van der Waals surface area contributed by atoms with Crippen LogP contribution in [0.2, 0.25) is 0 Å². The standard InChI is InChI=1S/C55H35N3/c1-3-14-36(15-4-1)41-19-13-20-43(34-41)55-57-53(39-17-5-2-6-18-39)56-54(58-55)40-28-26-38(27-29-40)52-44-21-8-7-16-37(44)30-32-45(52)42-31-33-50-48-24-10-9-22-46(48)47-23-11-12-25-49(47)51(50)35-42/h1-35H/p+2. The maximum absolute atomic E-state index is 5.16. The number of fused-ring (bicyclic) bond motifs is 7. The largest absolute Gasteiger partial charge is 0.400 e. The lowest BCUT2D eigenvalue weighted by atomic mass is 9.87. The lowest BCUT2D eigenvalue weighted by Gasteiger charge is -2.16. The van der Waals surface area contributed by atoms with Crippen LogP contribution in [0.1, 0.15) is 0 Å². The van der Waals surface area contributed by atoms with Gasteiger partial charge in [0.25, 0.3) is 0 Å². The first-order chi connectivity index (χ1) is 28.7. The third kappa shape index (κ3) is 5.89. The molecule has 0 atom stereocenters. The van der Waals surface area contributed by atoms with Gasteiger partial charge in [-0.1, -0.05) is 170 Å². The van der Waals surface area contributed by atoms with E-state index in [2.05, 4.69) is 204 Å². The summed E-state index contributed by atoms with van der Waals surface area (Å²) in [5, 5.41) is 10.1. The molecule has 0 radical (unpaired) electrons. The van der Waals surface area contributed by atoms with E-state index in [1.165, 1.54) is 65.3 Å². The Balaban J connectivity index is 1.05. The zero-order valence-electron chi connectivity index (χ0n) is 31.7. The Labute approximate surface area is 336 Å². The number of benzene rings is 10. The first-order valence-electron chi connectivity index (χ1n) is 19.8. The summed E-state index contributed by atoms with van der Waals surface area (Å²) in [6.07, 6.45) is 0. The summed E-state index contributed by atoms with van der Waals surface area (Å²) in [5.41, 5.74) is 10.2. The second-order valence-corrected chi connectivity index (χ2v) is 14.9. The Hall–Kier alpha value is -7.75. The number of nitrogens with zero attached hydrogens (tertiary/aromatic N) is 1. The predicted octanol–water partition coefficient (Wildman–Crippen LogP) is 13.3. The van der Waals surface area contributed by atoms with Crippen LogP contribution in [0, 0.1) is 0 Å². The third-order valence-corrected chi connectivity index (χ3v) is 11.4. The number of H-pyrrole nitrogens is 2. The van der Waals surface area contributed by atoms with Crippen LogP contribution in [0.15, 0.2) is 212 Å². The van der Waals surface area contributed by atoms with Gasteiger partial charge in [0.1, 0.15) is 0 Å². The van der Waals surface area contributed by atoms with Gasteiger partial charge in [-0.2, -0.15) is 9.97 Å². The molecule has 3 nitrogen and oxygen atoms in total. The molecule has 0 spiro atoms. The van der Waals surface area contributed by atoms with Gasteiger partial charge >= 0.3 is 17.5 Å². The number of rotatable bonds is 6. The molecule has 0 aliphatic heterocycles. The van der Waals surface area contributed by atoms with Crippen LogP contribution < -0.4 is 9.97 Å². The maximum Gasteiger partial charge on any atom is 0.400 e. The monoisotopic (exact) mass is 739 g/mol. The summed E-state index contributed by atoms with van der Waals surface area (Å²) in [6.45, 7) is 0. The van der Waals surface area contributed by atoms with E-state index in [4.69, 9.17) is 4.98 Å². The van der Waals surface area contributed by atoms with E-state index >= 15 is 0 Å². The summed E-state index contributed by atoms with van der Waals surface area (Å²) in [6, 6.07) is 76.1. The highest BCUT2D eigenvalue weighted by Crippen LogP contribution is 2.42. The van der Waals surface area contributed by atoms with Crippen molar-refractivity contribution in [3.63, 3.8) is 0 Å². The van der Waals surface area contributed by atoms with E-state index in [9.17, 15) is 0 Å². The quantitative estimate of drug-likeness (QED) is 0.157. The third-order valence-electron chi connectivity index (χ3n) is 11.4. The van der Waals surface area contributed by atoms with Gasteiger partial charge in [-0.25, -0.2) is 0 Å². The van der Waals surface area contributed by atoms with Gasteiger partial charge in [0.15, 0.2) is 0 Å². The van der Waals surface area contributed by atoms with Crippen LogP contribution in [0.3, 0.4) is 0 Å². The maximum atomic E-state index is 5.16. The van der Waals surface area contributed by atoms with Crippen molar-refractivity contribution in [2.75, 3.05) is 0 Å². The van der Waals surface area contributed by atoms with Gasteiger partial charge < -0.3 is 0 Å². The summed E-state index contributed by atoms with van der Waals surface area (Å²) in [4.78, 5) is 12.4. The molecule has 1 heterocycles. The van der Waals surface area contributed by atoms with E-state index < -0.39 is 0 Å². The fourth-order valence-corrected chi connectivity index (χ4v) is 8.63. The van der Waals surface area contributed by atoms with Crippen molar-refractivity contribution < 1.29 is 9.97 Å². The highest BCUT2D eigenvalue weighted by atomic mass is 15.0. The Morgan fingerprint density at radius 3 is 1.43 bits per heavy atom. The molecule has 0 fully saturated rings. The normalized spacial score (nSPS) is 11.4. The van der Waals surface area contributed by atoms with Gasteiger partial charge in [-0.3, -0.25) is 0 Å². The Morgan fingerprint density at radius 1 is 0.276 bits per heavy atom. The molecule has 10 aromatic carbocycles. The zero-order valence-corrected chi connectivity index (χ0v) is 31.7. The molecule has 0 aliphatic rings. The van der Waals surface area contributed by atoms with Crippen molar-refractivity contribution in [1.82, 2.24) is 4.98 Å². The lowest BCUT2D eigenvalue weighted by Crippen LogP contribution is -2.28. The molecule has 0 aliphatic carbocycles. The van der Waals surface area contributed by atoms with Gasteiger partial charge in [0, 0.05) is 0 Å². The van der Waals surface area contributed by atoms with E-state index in [0.717, 1.165) is 45.3 Å². The van der Waals surface area contributed by atoms with Crippen molar-refractivity contribution in [3.8, 4) is 67.5 Å². The number of aromatic nitrogens is 3.